The van der Waals surface area contributed by atoms with Gasteiger partial charge in [0.1, 0.15) is 11.9 Å². The highest BCUT2D eigenvalue weighted by molar-refractivity contribution is 5.98. The van der Waals surface area contributed by atoms with Crippen molar-refractivity contribution in [2.45, 2.75) is 32.0 Å². The number of carbonyl (C=O) groups is 3. The zero-order chi connectivity index (χ0) is 19.2. The summed E-state index contributed by atoms with van der Waals surface area (Å²) in [5, 5.41) is 4.70. The minimum Gasteiger partial charge on any atom is -0.332 e. The summed E-state index contributed by atoms with van der Waals surface area (Å²) in [6, 6.07) is 7.99. The van der Waals surface area contributed by atoms with Crippen molar-refractivity contribution in [2.24, 2.45) is 0 Å². The van der Waals surface area contributed by atoms with E-state index >= 15 is 0 Å². The number of aromatic nitrogens is 1. The number of carbonyl (C=O) groups excluding carboxylic acids is 3. The Kier molecular flexibility index (Phi) is 5.75. The third-order valence-corrected chi connectivity index (χ3v) is 4.24. The topological polar surface area (TPSA) is 91.4 Å². The fourth-order valence-corrected chi connectivity index (χ4v) is 2.87. The van der Waals surface area contributed by atoms with Crippen LogP contribution in [-0.4, -0.2) is 33.8 Å². The van der Waals surface area contributed by atoms with E-state index in [1.807, 2.05) is 0 Å². The predicted molar refractivity (Wildman–Crippen MR) is 94.6 cm³/mol. The van der Waals surface area contributed by atoms with E-state index in [1.165, 1.54) is 12.1 Å². The number of imide groups is 1. The van der Waals surface area contributed by atoms with Gasteiger partial charge in [0.25, 0.3) is 0 Å². The molecule has 1 aliphatic heterocycles. The first-order valence-electron chi connectivity index (χ1n) is 8.54. The van der Waals surface area contributed by atoms with E-state index in [0.717, 1.165) is 11.1 Å². The quantitative estimate of drug-likeness (QED) is 0.839. The first kappa shape index (κ1) is 18.5. The summed E-state index contributed by atoms with van der Waals surface area (Å²) >= 11 is 0. The third-order valence-electron chi connectivity index (χ3n) is 4.24. The van der Waals surface area contributed by atoms with Gasteiger partial charge in [0.15, 0.2) is 0 Å². The van der Waals surface area contributed by atoms with Crippen LogP contribution in [-0.2, 0) is 22.7 Å². The first-order chi connectivity index (χ1) is 13.0. The highest BCUT2D eigenvalue weighted by Gasteiger charge is 2.29. The summed E-state index contributed by atoms with van der Waals surface area (Å²) in [6.45, 7) is 0.543. The smallest absolute Gasteiger partial charge is 0.322 e. The number of benzene rings is 1. The Balaban J connectivity index is 1.81. The zero-order valence-corrected chi connectivity index (χ0v) is 14.5. The summed E-state index contributed by atoms with van der Waals surface area (Å²) in [6.07, 6.45) is 3.55. The van der Waals surface area contributed by atoms with Crippen molar-refractivity contribution in [1.29, 1.82) is 0 Å². The molecule has 1 aliphatic rings. The van der Waals surface area contributed by atoms with Crippen molar-refractivity contribution < 1.29 is 18.8 Å². The average Bonchev–Trinajstić information content (AvgIpc) is 2.83. The standard InChI is InChI=1S/C19H19FN4O3/c20-15-3-1-13(2-4-15)11-24(12-14-7-9-21-10-8-14)18(26)16-5-6-17(25)23-19(27)22-16/h1-4,7-10,16H,5-6,11-12H2,(H2,22,23,25,27)/t16-/m1/s1. The van der Waals surface area contributed by atoms with Crippen molar-refractivity contribution in [3.05, 3.63) is 65.7 Å². The Bertz CT molecular complexity index is 827. The molecular weight excluding hydrogens is 351 g/mol. The van der Waals surface area contributed by atoms with Gasteiger partial charge in [-0.25, -0.2) is 9.18 Å². The van der Waals surface area contributed by atoms with Gasteiger partial charge in [-0.05, 0) is 41.8 Å². The van der Waals surface area contributed by atoms with Crippen LogP contribution in [0.3, 0.4) is 0 Å². The lowest BCUT2D eigenvalue weighted by atomic mass is 10.1. The van der Waals surface area contributed by atoms with Crippen LogP contribution in [0.2, 0.25) is 0 Å². The largest absolute Gasteiger partial charge is 0.332 e. The molecule has 27 heavy (non-hydrogen) atoms. The monoisotopic (exact) mass is 370 g/mol. The van der Waals surface area contributed by atoms with E-state index in [0.29, 0.717) is 6.54 Å². The summed E-state index contributed by atoms with van der Waals surface area (Å²) in [5.41, 5.74) is 1.63. The number of halogens is 1. The summed E-state index contributed by atoms with van der Waals surface area (Å²) < 4.78 is 13.2. The fraction of sp³-hybridized carbons (Fsp3) is 0.263. The van der Waals surface area contributed by atoms with Gasteiger partial charge in [0, 0.05) is 31.9 Å². The van der Waals surface area contributed by atoms with E-state index < -0.39 is 18.0 Å². The lowest BCUT2D eigenvalue weighted by Gasteiger charge is -2.27. The number of pyridine rings is 1. The Morgan fingerprint density at radius 2 is 1.70 bits per heavy atom. The van der Waals surface area contributed by atoms with Crippen molar-refractivity contribution >= 4 is 17.8 Å². The maximum atomic E-state index is 13.2. The third kappa shape index (κ3) is 5.10. The molecule has 140 valence electrons. The molecule has 1 fully saturated rings. The van der Waals surface area contributed by atoms with Gasteiger partial charge in [-0.2, -0.15) is 0 Å². The molecular formula is C19H19FN4O3. The zero-order valence-electron chi connectivity index (χ0n) is 14.5. The number of rotatable bonds is 5. The Morgan fingerprint density at radius 1 is 1.07 bits per heavy atom. The number of hydrogen-bond acceptors (Lipinski definition) is 4. The lowest BCUT2D eigenvalue weighted by molar-refractivity contribution is -0.134. The second-order valence-electron chi connectivity index (χ2n) is 6.29. The van der Waals surface area contributed by atoms with E-state index in [1.54, 1.807) is 41.6 Å². The lowest BCUT2D eigenvalue weighted by Crippen LogP contribution is -2.49. The number of amides is 4. The Morgan fingerprint density at radius 3 is 2.37 bits per heavy atom. The van der Waals surface area contributed by atoms with Gasteiger partial charge >= 0.3 is 6.03 Å². The Labute approximate surface area is 155 Å². The van der Waals surface area contributed by atoms with E-state index in [9.17, 15) is 18.8 Å². The number of urea groups is 1. The van der Waals surface area contributed by atoms with Crippen LogP contribution >= 0.6 is 0 Å². The molecule has 7 nitrogen and oxygen atoms in total. The summed E-state index contributed by atoms with van der Waals surface area (Å²) in [4.78, 5) is 41.8. The molecule has 2 N–H and O–H groups in total. The normalized spacial score (nSPS) is 16.9. The first-order valence-corrected chi connectivity index (χ1v) is 8.54. The molecule has 0 unspecified atom stereocenters. The molecule has 4 amide bonds. The van der Waals surface area contributed by atoms with E-state index in [-0.39, 0.29) is 31.1 Å². The maximum Gasteiger partial charge on any atom is 0.322 e. The van der Waals surface area contributed by atoms with Crippen LogP contribution in [0, 0.1) is 5.82 Å². The van der Waals surface area contributed by atoms with Gasteiger partial charge in [-0.1, -0.05) is 12.1 Å². The molecule has 3 rings (SSSR count). The molecule has 0 bridgehead atoms. The number of hydrogen-bond donors (Lipinski definition) is 2. The minimum absolute atomic E-state index is 0.0782. The second kappa shape index (κ2) is 8.39. The molecule has 0 spiro atoms. The van der Waals surface area contributed by atoms with Gasteiger partial charge in [0.2, 0.25) is 11.8 Å². The highest BCUT2D eigenvalue weighted by atomic mass is 19.1. The minimum atomic E-state index is -0.807. The number of nitrogens with one attached hydrogen (secondary N) is 2. The Hall–Kier alpha value is -3.29. The van der Waals surface area contributed by atoms with E-state index in [4.69, 9.17) is 0 Å². The molecule has 0 aliphatic carbocycles. The van der Waals surface area contributed by atoms with Crippen LogP contribution in [0.15, 0.2) is 48.8 Å². The molecule has 8 heteroatoms. The summed E-state index contributed by atoms with van der Waals surface area (Å²) in [7, 11) is 0. The fourth-order valence-electron chi connectivity index (χ4n) is 2.87. The highest BCUT2D eigenvalue weighted by Crippen LogP contribution is 2.14. The van der Waals surface area contributed by atoms with Crippen LogP contribution in [0.25, 0.3) is 0 Å². The molecule has 1 saturated heterocycles. The number of nitrogens with zero attached hydrogens (tertiary/aromatic N) is 2. The summed E-state index contributed by atoms with van der Waals surface area (Å²) in [5.74, 6) is -1.07. The second-order valence-corrected chi connectivity index (χ2v) is 6.29. The molecule has 2 heterocycles. The van der Waals surface area contributed by atoms with Crippen molar-refractivity contribution in [1.82, 2.24) is 20.5 Å². The molecule has 1 atom stereocenters. The molecule has 0 saturated carbocycles. The molecule has 2 aromatic rings. The molecule has 0 radical (unpaired) electrons. The average molecular weight is 370 g/mol. The van der Waals surface area contributed by atoms with Crippen LogP contribution < -0.4 is 10.6 Å². The van der Waals surface area contributed by atoms with Gasteiger partial charge in [-0.3, -0.25) is 19.9 Å². The van der Waals surface area contributed by atoms with Crippen LogP contribution in [0.1, 0.15) is 24.0 Å². The predicted octanol–water partition coefficient (Wildman–Crippen LogP) is 1.74. The van der Waals surface area contributed by atoms with Crippen LogP contribution in [0.5, 0.6) is 0 Å². The van der Waals surface area contributed by atoms with Crippen molar-refractivity contribution in [3.8, 4) is 0 Å². The van der Waals surface area contributed by atoms with Crippen molar-refractivity contribution in [3.63, 3.8) is 0 Å². The van der Waals surface area contributed by atoms with Gasteiger partial charge in [-0.15, -0.1) is 0 Å². The maximum absolute atomic E-state index is 13.2. The van der Waals surface area contributed by atoms with Crippen molar-refractivity contribution in [2.75, 3.05) is 0 Å². The van der Waals surface area contributed by atoms with Gasteiger partial charge < -0.3 is 10.2 Å². The molecule has 1 aromatic carbocycles. The SMILES string of the molecule is O=C1CC[C@H](C(=O)N(Cc2ccncc2)Cc2ccc(F)cc2)NC(=O)N1. The van der Waals surface area contributed by atoms with Crippen LogP contribution in [0.4, 0.5) is 9.18 Å². The molecule has 1 aromatic heterocycles. The van der Waals surface area contributed by atoms with Gasteiger partial charge in [0.05, 0.1) is 0 Å². The van der Waals surface area contributed by atoms with E-state index in [2.05, 4.69) is 15.6 Å².